The van der Waals surface area contributed by atoms with Gasteiger partial charge in [0.05, 0.1) is 29.7 Å². The third-order valence-electron chi connectivity index (χ3n) is 8.02. The van der Waals surface area contributed by atoms with E-state index >= 15 is 0 Å². The molecule has 3 aliphatic rings. The van der Waals surface area contributed by atoms with E-state index in [9.17, 15) is 14.4 Å². The van der Waals surface area contributed by atoms with Crippen molar-refractivity contribution >= 4 is 29.0 Å². The Balaban J connectivity index is 1.40. The molecule has 2 aliphatic carbocycles. The molecule has 0 unspecified atom stereocenters. The Hall–Kier alpha value is -4.25. The topological polar surface area (TPSA) is 63.7 Å². The van der Waals surface area contributed by atoms with Gasteiger partial charge in [0.1, 0.15) is 0 Å². The van der Waals surface area contributed by atoms with Crippen LogP contribution in [0.1, 0.15) is 39.5 Å². The van der Waals surface area contributed by atoms with Crippen LogP contribution < -0.4 is 4.90 Å². The van der Waals surface area contributed by atoms with Crippen molar-refractivity contribution in [2.24, 2.45) is 23.7 Å². The van der Waals surface area contributed by atoms with Crippen molar-refractivity contribution in [1.29, 1.82) is 0 Å². The van der Waals surface area contributed by atoms with Crippen molar-refractivity contribution in [1.82, 2.24) is 0 Å². The van der Waals surface area contributed by atoms with Crippen LogP contribution in [0.3, 0.4) is 0 Å². The molecule has 4 atom stereocenters. The van der Waals surface area contributed by atoms with E-state index in [1.54, 1.807) is 31.2 Å². The van der Waals surface area contributed by atoms with Crippen molar-refractivity contribution in [2.45, 2.75) is 20.8 Å². The van der Waals surface area contributed by atoms with Crippen molar-refractivity contribution < 1.29 is 19.1 Å². The summed E-state index contributed by atoms with van der Waals surface area (Å²) in [4.78, 5) is 41.0. The highest BCUT2D eigenvalue weighted by Gasteiger charge is 2.62. The molecule has 0 radical (unpaired) electrons. The molecule has 190 valence electrons. The van der Waals surface area contributed by atoms with E-state index in [2.05, 4.69) is 74.5 Å². The summed E-state index contributed by atoms with van der Waals surface area (Å²) >= 11 is 0. The van der Waals surface area contributed by atoms with Crippen LogP contribution in [0.15, 0.2) is 90.5 Å². The number of benzene rings is 3. The largest absolute Gasteiger partial charge is 0.462 e. The molecule has 2 bridgehead atoms. The fourth-order valence-corrected chi connectivity index (χ4v) is 6.25. The van der Waals surface area contributed by atoms with Gasteiger partial charge in [-0.15, -0.1) is 0 Å². The van der Waals surface area contributed by atoms with Crippen LogP contribution in [-0.2, 0) is 14.3 Å². The Kier molecular flexibility index (Phi) is 5.87. The van der Waals surface area contributed by atoms with Crippen molar-refractivity contribution in [3.05, 3.63) is 118 Å². The zero-order valence-corrected chi connectivity index (χ0v) is 21.7. The van der Waals surface area contributed by atoms with E-state index in [4.69, 9.17) is 4.74 Å². The van der Waals surface area contributed by atoms with Gasteiger partial charge in [0.15, 0.2) is 0 Å². The smallest absolute Gasteiger partial charge is 0.338 e. The van der Waals surface area contributed by atoms with Crippen molar-refractivity contribution in [2.75, 3.05) is 11.5 Å². The summed E-state index contributed by atoms with van der Waals surface area (Å²) in [5, 5.41) is 0. The monoisotopic (exact) mass is 503 g/mol. The number of amides is 2. The summed E-state index contributed by atoms with van der Waals surface area (Å²) in [6.07, 6.45) is 4.23. The summed E-state index contributed by atoms with van der Waals surface area (Å²) < 4.78 is 5.05. The standard InChI is InChI=1S/C33H29NO4/c1-4-38-33(37)23-13-15-24(16-14-23)34-31(35)29-25-17-18-26(30(29)32(34)36)28(25)27(21-9-5-19(2)6-10-21)22-11-7-20(3)8-12-22/h5-18,25-26,29-30H,4H2,1-3H3/t25-,26-,29-,30-/m0/s1. The maximum atomic E-state index is 13.8. The number of hydrogen-bond donors (Lipinski definition) is 0. The predicted octanol–water partition coefficient (Wildman–Crippen LogP) is 5.90. The number of ether oxygens (including phenoxy) is 1. The predicted molar refractivity (Wildman–Crippen MR) is 146 cm³/mol. The van der Waals surface area contributed by atoms with E-state index in [0.717, 1.165) is 22.3 Å². The second-order valence-corrected chi connectivity index (χ2v) is 10.3. The fourth-order valence-electron chi connectivity index (χ4n) is 6.25. The van der Waals surface area contributed by atoms with E-state index < -0.39 is 17.8 Å². The third-order valence-corrected chi connectivity index (χ3v) is 8.02. The average molecular weight is 504 g/mol. The number of anilines is 1. The molecular formula is C33H29NO4. The number of allylic oxidation sites excluding steroid dienone is 3. The molecule has 1 heterocycles. The van der Waals surface area contributed by atoms with Crippen LogP contribution in [0.2, 0.25) is 0 Å². The molecule has 3 aromatic rings. The minimum Gasteiger partial charge on any atom is -0.462 e. The highest BCUT2D eigenvalue weighted by atomic mass is 16.5. The number of carbonyl (C=O) groups is 3. The SMILES string of the molecule is CCOC(=O)c1ccc(N2C(=O)[C@@H]3[C@@H](C2=O)[C@H]2C=C[C@H]3C2=C(c2ccc(C)cc2)c2ccc(C)cc2)cc1. The number of fused-ring (bicyclic) bond motifs is 5. The molecule has 2 fully saturated rings. The quantitative estimate of drug-likeness (QED) is 0.247. The van der Waals surface area contributed by atoms with Gasteiger partial charge in [-0.05, 0) is 67.3 Å². The Morgan fingerprint density at radius 1 is 0.711 bits per heavy atom. The van der Waals surface area contributed by atoms with Gasteiger partial charge >= 0.3 is 5.97 Å². The first kappa shape index (κ1) is 24.1. The number of aryl methyl sites for hydroxylation is 2. The van der Waals surface area contributed by atoms with Gasteiger partial charge in [0, 0.05) is 11.8 Å². The Bertz CT molecular complexity index is 1410. The zero-order valence-electron chi connectivity index (χ0n) is 21.7. The van der Waals surface area contributed by atoms with Gasteiger partial charge in [0.25, 0.3) is 0 Å². The minimum atomic E-state index is -0.428. The van der Waals surface area contributed by atoms with Crippen molar-refractivity contribution in [3.63, 3.8) is 0 Å². The van der Waals surface area contributed by atoms with Crippen LogP contribution in [0, 0.1) is 37.5 Å². The number of nitrogens with zero attached hydrogens (tertiary/aromatic N) is 1. The number of esters is 1. The Morgan fingerprint density at radius 2 is 1.16 bits per heavy atom. The number of carbonyl (C=O) groups excluding carboxylic acids is 3. The molecule has 6 rings (SSSR count). The molecule has 0 spiro atoms. The van der Waals surface area contributed by atoms with Gasteiger partial charge in [-0.25, -0.2) is 9.69 Å². The van der Waals surface area contributed by atoms with Gasteiger partial charge in [-0.2, -0.15) is 0 Å². The van der Waals surface area contributed by atoms with Crippen molar-refractivity contribution in [3.8, 4) is 0 Å². The Morgan fingerprint density at radius 3 is 1.61 bits per heavy atom. The summed E-state index contributed by atoms with van der Waals surface area (Å²) in [5.41, 5.74) is 7.71. The second kappa shape index (κ2) is 9.25. The lowest BCUT2D eigenvalue weighted by atomic mass is 9.85. The first-order valence-electron chi connectivity index (χ1n) is 13.1. The maximum Gasteiger partial charge on any atom is 0.338 e. The second-order valence-electron chi connectivity index (χ2n) is 10.3. The minimum absolute atomic E-state index is 0.136. The number of imide groups is 1. The molecule has 3 aromatic carbocycles. The van der Waals surface area contributed by atoms with Gasteiger partial charge in [-0.3, -0.25) is 9.59 Å². The van der Waals surface area contributed by atoms with E-state index in [1.807, 2.05) is 0 Å². The molecule has 0 N–H and O–H groups in total. The molecular weight excluding hydrogens is 474 g/mol. The molecule has 5 heteroatoms. The van der Waals surface area contributed by atoms with Crippen LogP contribution in [0.5, 0.6) is 0 Å². The summed E-state index contributed by atoms with van der Waals surface area (Å²) in [5.74, 6) is -1.90. The molecule has 2 amide bonds. The van der Waals surface area contributed by atoms with Crippen LogP contribution in [0.4, 0.5) is 5.69 Å². The van der Waals surface area contributed by atoms with E-state index in [-0.39, 0.29) is 30.3 Å². The normalized spacial score (nSPS) is 23.2. The summed E-state index contributed by atoms with van der Waals surface area (Å²) in [7, 11) is 0. The maximum absolute atomic E-state index is 13.8. The zero-order chi connectivity index (χ0) is 26.6. The first-order valence-corrected chi connectivity index (χ1v) is 13.1. The molecule has 5 nitrogen and oxygen atoms in total. The highest BCUT2D eigenvalue weighted by molar-refractivity contribution is 6.23. The Labute approximate surface area is 222 Å². The number of hydrogen-bond acceptors (Lipinski definition) is 4. The highest BCUT2D eigenvalue weighted by Crippen LogP contribution is 2.58. The molecule has 0 aromatic heterocycles. The molecule has 1 saturated heterocycles. The van der Waals surface area contributed by atoms with Crippen LogP contribution >= 0.6 is 0 Å². The lowest BCUT2D eigenvalue weighted by Crippen LogP contribution is -2.33. The van der Waals surface area contributed by atoms with E-state index in [0.29, 0.717) is 11.3 Å². The van der Waals surface area contributed by atoms with Gasteiger partial charge < -0.3 is 4.74 Å². The third kappa shape index (κ3) is 3.73. The molecule has 1 aliphatic heterocycles. The first-order chi connectivity index (χ1) is 18.4. The van der Waals surface area contributed by atoms with E-state index in [1.165, 1.54) is 16.0 Å². The lowest BCUT2D eigenvalue weighted by molar-refractivity contribution is -0.122. The molecule has 1 saturated carbocycles. The summed E-state index contributed by atoms with van der Waals surface area (Å²) in [6.45, 7) is 6.17. The number of rotatable bonds is 5. The fraction of sp³-hybridized carbons (Fsp3) is 0.242. The van der Waals surface area contributed by atoms with Gasteiger partial charge in [-0.1, -0.05) is 71.8 Å². The van der Waals surface area contributed by atoms with Gasteiger partial charge in [0.2, 0.25) is 11.8 Å². The summed E-state index contributed by atoms with van der Waals surface area (Å²) in [6, 6.07) is 23.5. The lowest BCUT2D eigenvalue weighted by Gasteiger charge is -2.22. The average Bonchev–Trinajstić information content (AvgIpc) is 3.55. The van der Waals surface area contributed by atoms with Crippen LogP contribution in [-0.4, -0.2) is 24.4 Å². The molecule has 38 heavy (non-hydrogen) atoms. The van der Waals surface area contributed by atoms with Crippen LogP contribution in [0.25, 0.3) is 5.57 Å².